The molecule has 1 aliphatic rings. The molecule has 0 unspecified atom stereocenters. The van der Waals surface area contributed by atoms with E-state index in [0.29, 0.717) is 19.1 Å². The number of nitrogens with zero attached hydrogens (tertiary/aromatic N) is 3. The number of halogens is 1. The molecule has 0 aliphatic carbocycles. The first kappa shape index (κ1) is 24.4. The SMILES string of the molecule is COCCNC(=NCC(=O)N(C)C)NCC(C)(C)N1CCCCC1.I. The summed E-state index contributed by atoms with van der Waals surface area (Å²) in [5, 5.41) is 6.60. The average Bonchev–Trinajstić information content (AvgIpc) is 2.57. The van der Waals surface area contributed by atoms with Crippen molar-refractivity contribution in [1.82, 2.24) is 20.4 Å². The summed E-state index contributed by atoms with van der Waals surface area (Å²) in [6.45, 7) is 8.97. The third-order valence-electron chi connectivity index (χ3n) is 4.37. The Bertz CT molecular complexity index is 410. The second kappa shape index (κ2) is 12.7. The Morgan fingerprint density at radius 3 is 2.40 bits per heavy atom. The summed E-state index contributed by atoms with van der Waals surface area (Å²) in [7, 11) is 5.15. The van der Waals surface area contributed by atoms with Gasteiger partial charge in [-0.1, -0.05) is 6.42 Å². The molecular formula is C17H36IN5O2. The van der Waals surface area contributed by atoms with Crippen molar-refractivity contribution in [2.24, 2.45) is 4.99 Å². The highest BCUT2D eigenvalue weighted by atomic mass is 127. The van der Waals surface area contributed by atoms with Crippen LogP contribution in [0.15, 0.2) is 4.99 Å². The number of ether oxygens (including phenoxy) is 1. The quantitative estimate of drug-likeness (QED) is 0.242. The summed E-state index contributed by atoms with van der Waals surface area (Å²) in [5.74, 6) is 0.644. The lowest BCUT2D eigenvalue weighted by molar-refractivity contribution is -0.127. The topological polar surface area (TPSA) is 69.2 Å². The predicted octanol–water partition coefficient (Wildman–Crippen LogP) is 1.14. The van der Waals surface area contributed by atoms with Crippen molar-refractivity contribution in [3.63, 3.8) is 0 Å². The lowest BCUT2D eigenvalue weighted by Crippen LogP contribution is -2.55. The van der Waals surface area contributed by atoms with Crippen molar-refractivity contribution in [1.29, 1.82) is 0 Å². The summed E-state index contributed by atoms with van der Waals surface area (Å²) < 4.78 is 5.07. The fourth-order valence-electron chi connectivity index (χ4n) is 2.64. The minimum Gasteiger partial charge on any atom is -0.383 e. The van der Waals surface area contributed by atoms with E-state index in [-0.39, 0.29) is 42.0 Å². The number of nitrogens with one attached hydrogen (secondary N) is 2. The highest BCUT2D eigenvalue weighted by molar-refractivity contribution is 14.0. The zero-order valence-corrected chi connectivity index (χ0v) is 18.8. The fourth-order valence-corrected chi connectivity index (χ4v) is 2.64. The van der Waals surface area contributed by atoms with Gasteiger partial charge in [0.15, 0.2) is 5.96 Å². The van der Waals surface area contributed by atoms with E-state index in [9.17, 15) is 4.79 Å². The minimum absolute atomic E-state index is 0. The maximum Gasteiger partial charge on any atom is 0.243 e. The number of amides is 1. The monoisotopic (exact) mass is 469 g/mol. The molecular weight excluding hydrogens is 433 g/mol. The number of piperidine rings is 1. The van der Waals surface area contributed by atoms with Crippen molar-refractivity contribution in [3.8, 4) is 0 Å². The van der Waals surface area contributed by atoms with E-state index in [1.165, 1.54) is 19.3 Å². The van der Waals surface area contributed by atoms with Gasteiger partial charge >= 0.3 is 0 Å². The van der Waals surface area contributed by atoms with Gasteiger partial charge < -0.3 is 20.3 Å². The Kier molecular flexibility index (Phi) is 12.4. The largest absolute Gasteiger partial charge is 0.383 e. The zero-order chi connectivity index (χ0) is 18.0. The number of carbonyl (C=O) groups excluding carboxylic acids is 1. The van der Waals surface area contributed by atoms with Crippen LogP contribution in [0, 0.1) is 0 Å². The summed E-state index contributed by atoms with van der Waals surface area (Å²) in [6, 6.07) is 0. The van der Waals surface area contributed by atoms with E-state index in [1.807, 2.05) is 0 Å². The van der Waals surface area contributed by atoms with E-state index >= 15 is 0 Å². The number of carbonyl (C=O) groups is 1. The normalized spacial score (nSPS) is 16.1. The molecule has 8 heteroatoms. The highest BCUT2D eigenvalue weighted by Crippen LogP contribution is 2.19. The lowest BCUT2D eigenvalue weighted by Gasteiger charge is -2.41. The van der Waals surface area contributed by atoms with Gasteiger partial charge in [0.05, 0.1) is 6.61 Å². The molecule has 0 aromatic heterocycles. The molecule has 0 aromatic rings. The lowest BCUT2D eigenvalue weighted by atomic mass is 9.98. The van der Waals surface area contributed by atoms with Crippen LogP contribution >= 0.6 is 24.0 Å². The third kappa shape index (κ3) is 9.60. The first-order valence-electron chi connectivity index (χ1n) is 8.83. The molecule has 0 aromatic carbocycles. The number of methoxy groups -OCH3 is 1. The van der Waals surface area contributed by atoms with Gasteiger partial charge in [-0.25, -0.2) is 4.99 Å². The maximum atomic E-state index is 11.8. The van der Waals surface area contributed by atoms with Gasteiger partial charge in [0.2, 0.25) is 5.91 Å². The van der Waals surface area contributed by atoms with Crippen LogP contribution in [0.4, 0.5) is 0 Å². The van der Waals surface area contributed by atoms with E-state index in [2.05, 4.69) is 34.4 Å². The van der Waals surface area contributed by atoms with Crippen molar-refractivity contribution >= 4 is 35.8 Å². The molecule has 25 heavy (non-hydrogen) atoms. The molecule has 0 bridgehead atoms. The van der Waals surface area contributed by atoms with E-state index in [1.54, 1.807) is 26.1 Å². The fraction of sp³-hybridized carbons (Fsp3) is 0.882. The Hall–Kier alpha value is -0.610. The molecule has 0 radical (unpaired) electrons. The van der Waals surface area contributed by atoms with Crippen LogP contribution in [0.3, 0.4) is 0 Å². The Balaban J connectivity index is 0.00000576. The smallest absolute Gasteiger partial charge is 0.243 e. The number of hydrogen-bond acceptors (Lipinski definition) is 4. The molecule has 148 valence electrons. The summed E-state index contributed by atoms with van der Waals surface area (Å²) >= 11 is 0. The van der Waals surface area contributed by atoms with Crippen molar-refractivity contribution in [2.45, 2.75) is 38.6 Å². The first-order valence-corrected chi connectivity index (χ1v) is 8.83. The van der Waals surface area contributed by atoms with Gasteiger partial charge in [0, 0.05) is 39.8 Å². The van der Waals surface area contributed by atoms with Crippen LogP contribution in [0.25, 0.3) is 0 Å². The number of hydrogen-bond donors (Lipinski definition) is 2. The third-order valence-corrected chi connectivity index (χ3v) is 4.37. The Morgan fingerprint density at radius 1 is 1.20 bits per heavy atom. The van der Waals surface area contributed by atoms with Crippen LogP contribution in [0.2, 0.25) is 0 Å². The van der Waals surface area contributed by atoms with Crippen LogP contribution in [0.1, 0.15) is 33.1 Å². The van der Waals surface area contributed by atoms with Crippen molar-refractivity contribution in [2.75, 3.05) is 60.5 Å². The van der Waals surface area contributed by atoms with Gasteiger partial charge in [-0.3, -0.25) is 9.69 Å². The minimum atomic E-state index is -0.0156. The number of likely N-dealkylation sites (N-methyl/N-ethyl adjacent to an activating group) is 1. The van der Waals surface area contributed by atoms with Crippen LogP contribution in [-0.2, 0) is 9.53 Å². The molecule has 0 atom stereocenters. The van der Waals surface area contributed by atoms with Crippen molar-refractivity contribution in [3.05, 3.63) is 0 Å². The summed E-state index contributed by atoms with van der Waals surface area (Å²) in [4.78, 5) is 20.2. The number of rotatable bonds is 8. The highest BCUT2D eigenvalue weighted by Gasteiger charge is 2.27. The number of aliphatic imine (C=N–C) groups is 1. The Morgan fingerprint density at radius 2 is 1.84 bits per heavy atom. The molecule has 2 N–H and O–H groups in total. The summed E-state index contributed by atoms with van der Waals surface area (Å²) in [5.41, 5.74) is 0.0513. The second-order valence-electron chi connectivity index (χ2n) is 7.09. The van der Waals surface area contributed by atoms with Gasteiger partial charge in [-0.15, -0.1) is 24.0 Å². The molecule has 1 heterocycles. The summed E-state index contributed by atoms with van der Waals surface area (Å²) in [6.07, 6.45) is 3.87. The van der Waals surface area contributed by atoms with Crippen LogP contribution in [-0.4, -0.2) is 87.7 Å². The molecule has 7 nitrogen and oxygen atoms in total. The molecule has 0 spiro atoms. The van der Waals surface area contributed by atoms with E-state index in [4.69, 9.17) is 4.74 Å². The second-order valence-corrected chi connectivity index (χ2v) is 7.09. The molecule has 1 aliphatic heterocycles. The standard InChI is InChI=1S/C17H35N5O2.HI/c1-17(2,22-10-7-6-8-11-22)14-20-16(18-9-12-24-5)19-13-15(23)21(3)4;/h6-14H2,1-5H3,(H2,18,19,20);1H. The van der Waals surface area contributed by atoms with Crippen LogP contribution < -0.4 is 10.6 Å². The van der Waals surface area contributed by atoms with Crippen LogP contribution in [0.5, 0.6) is 0 Å². The number of guanidine groups is 1. The number of likely N-dealkylation sites (tertiary alicyclic amines) is 1. The maximum absolute atomic E-state index is 11.8. The van der Waals surface area contributed by atoms with E-state index < -0.39 is 0 Å². The van der Waals surface area contributed by atoms with Crippen molar-refractivity contribution < 1.29 is 9.53 Å². The van der Waals surface area contributed by atoms with Gasteiger partial charge in [0.1, 0.15) is 6.54 Å². The van der Waals surface area contributed by atoms with E-state index in [0.717, 1.165) is 19.6 Å². The molecule has 0 saturated carbocycles. The molecule has 1 saturated heterocycles. The van der Waals surface area contributed by atoms with Gasteiger partial charge in [-0.05, 0) is 39.8 Å². The molecule has 1 rings (SSSR count). The molecule has 1 fully saturated rings. The zero-order valence-electron chi connectivity index (χ0n) is 16.4. The van der Waals surface area contributed by atoms with Gasteiger partial charge in [-0.2, -0.15) is 0 Å². The first-order chi connectivity index (χ1) is 11.4. The molecule has 1 amide bonds. The Labute approximate surface area is 170 Å². The average molecular weight is 469 g/mol. The predicted molar refractivity (Wildman–Crippen MR) is 114 cm³/mol. The van der Waals surface area contributed by atoms with Gasteiger partial charge in [0.25, 0.3) is 0 Å².